The fourth-order valence-corrected chi connectivity index (χ4v) is 1.83. The van der Waals surface area contributed by atoms with Crippen molar-refractivity contribution in [1.82, 2.24) is 4.90 Å². The molecule has 0 bridgehead atoms. The Morgan fingerprint density at radius 2 is 1.57 bits per heavy atom. The summed E-state index contributed by atoms with van der Waals surface area (Å²) in [6.45, 7) is 3.91. The molecule has 0 aliphatic carbocycles. The van der Waals surface area contributed by atoms with Crippen molar-refractivity contribution in [2.24, 2.45) is 16.5 Å². The highest BCUT2D eigenvalue weighted by atomic mass is 19.4. The third-order valence-corrected chi connectivity index (χ3v) is 2.91. The van der Waals surface area contributed by atoms with Crippen LogP contribution in [-0.4, -0.2) is 50.4 Å². The van der Waals surface area contributed by atoms with Gasteiger partial charge in [-0.2, -0.15) is 13.2 Å². The largest absolute Gasteiger partial charge is 0.416 e. The van der Waals surface area contributed by atoms with E-state index >= 15 is 0 Å². The molecule has 1 rings (SSSR count). The number of nitrogens with two attached hydrogens (primary N) is 2. The first kappa shape index (κ1) is 17.6. The van der Waals surface area contributed by atoms with Gasteiger partial charge in [0.2, 0.25) is 0 Å². The lowest BCUT2D eigenvalue weighted by molar-refractivity contribution is -0.137. The van der Waals surface area contributed by atoms with E-state index in [9.17, 15) is 13.2 Å². The molecular formula is C14H21F3N4. The van der Waals surface area contributed by atoms with Crippen LogP contribution >= 0.6 is 0 Å². The second-order valence-electron chi connectivity index (χ2n) is 4.57. The molecule has 0 spiro atoms. The van der Waals surface area contributed by atoms with E-state index < -0.39 is 11.7 Å². The predicted molar refractivity (Wildman–Crippen MR) is 78.5 cm³/mol. The summed E-state index contributed by atoms with van der Waals surface area (Å²) in [5.74, 6) is 0. The summed E-state index contributed by atoms with van der Waals surface area (Å²) in [4.78, 5) is 6.31. The molecule has 0 fully saturated rings. The highest BCUT2D eigenvalue weighted by Gasteiger charge is 2.29. The average molecular weight is 302 g/mol. The van der Waals surface area contributed by atoms with Crippen molar-refractivity contribution in [1.29, 1.82) is 0 Å². The normalized spacial score (nSPS) is 12.5. The molecule has 21 heavy (non-hydrogen) atoms. The molecule has 0 radical (unpaired) electrons. The van der Waals surface area contributed by atoms with Gasteiger partial charge in [0.05, 0.1) is 12.1 Å². The molecule has 0 heterocycles. The molecule has 0 aliphatic heterocycles. The van der Waals surface area contributed by atoms with Crippen molar-refractivity contribution in [2.75, 3.05) is 39.3 Å². The Bertz CT molecular complexity index is 423. The SMILES string of the molecule is NCCN(CCN)CCN=Cc1ccc(C(F)(F)F)cc1. The van der Waals surface area contributed by atoms with Crippen molar-refractivity contribution in [3.8, 4) is 0 Å². The fraction of sp³-hybridized carbons (Fsp3) is 0.500. The molecule has 0 amide bonds. The number of hydrogen-bond donors (Lipinski definition) is 2. The van der Waals surface area contributed by atoms with E-state index in [1.54, 1.807) is 6.21 Å². The van der Waals surface area contributed by atoms with Crippen LogP contribution < -0.4 is 11.5 Å². The van der Waals surface area contributed by atoms with Crippen LogP contribution in [0.5, 0.6) is 0 Å². The smallest absolute Gasteiger partial charge is 0.329 e. The van der Waals surface area contributed by atoms with Crippen molar-refractivity contribution in [2.45, 2.75) is 6.18 Å². The number of nitrogens with zero attached hydrogens (tertiary/aromatic N) is 2. The number of hydrogen-bond acceptors (Lipinski definition) is 4. The maximum Gasteiger partial charge on any atom is 0.416 e. The molecule has 7 heteroatoms. The second-order valence-corrected chi connectivity index (χ2v) is 4.57. The molecule has 4 nitrogen and oxygen atoms in total. The summed E-state index contributed by atoms with van der Waals surface area (Å²) in [6, 6.07) is 4.92. The van der Waals surface area contributed by atoms with E-state index in [-0.39, 0.29) is 0 Å². The van der Waals surface area contributed by atoms with Crippen LogP contribution in [0.25, 0.3) is 0 Å². The topological polar surface area (TPSA) is 67.6 Å². The molecule has 0 unspecified atom stereocenters. The summed E-state index contributed by atoms with van der Waals surface area (Å²) in [7, 11) is 0. The van der Waals surface area contributed by atoms with E-state index in [1.165, 1.54) is 12.1 Å². The molecule has 0 saturated carbocycles. The molecular weight excluding hydrogens is 281 g/mol. The van der Waals surface area contributed by atoms with Gasteiger partial charge in [-0.3, -0.25) is 9.89 Å². The summed E-state index contributed by atoms with van der Waals surface area (Å²) in [5.41, 5.74) is 11.0. The average Bonchev–Trinajstić information content (AvgIpc) is 2.43. The lowest BCUT2D eigenvalue weighted by Gasteiger charge is -2.19. The minimum Gasteiger partial charge on any atom is -0.329 e. The Hall–Kier alpha value is -1.44. The molecule has 0 atom stereocenters. The summed E-state index contributed by atoms with van der Waals surface area (Å²) < 4.78 is 37.2. The monoisotopic (exact) mass is 302 g/mol. The van der Waals surface area contributed by atoms with Gasteiger partial charge in [-0.15, -0.1) is 0 Å². The molecule has 1 aromatic rings. The Labute approximate surface area is 122 Å². The zero-order chi connectivity index (χ0) is 15.7. The van der Waals surface area contributed by atoms with Crippen molar-refractivity contribution in [3.63, 3.8) is 0 Å². The number of halogens is 3. The molecule has 0 aliphatic rings. The van der Waals surface area contributed by atoms with Gasteiger partial charge in [0.15, 0.2) is 0 Å². The van der Waals surface area contributed by atoms with Crippen molar-refractivity contribution >= 4 is 6.21 Å². The number of alkyl halides is 3. The van der Waals surface area contributed by atoms with Crippen LogP contribution in [0.4, 0.5) is 13.2 Å². The Balaban J connectivity index is 2.46. The van der Waals surface area contributed by atoms with Crippen LogP contribution in [0.15, 0.2) is 29.3 Å². The second kappa shape index (κ2) is 8.76. The minimum atomic E-state index is -4.30. The van der Waals surface area contributed by atoms with Gasteiger partial charge in [-0.25, -0.2) is 0 Å². The highest BCUT2D eigenvalue weighted by Crippen LogP contribution is 2.28. The van der Waals surface area contributed by atoms with Gasteiger partial charge in [-0.05, 0) is 17.7 Å². The molecule has 4 N–H and O–H groups in total. The molecule has 118 valence electrons. The lowest BCUT2D eigenvalue weighted by atomic mass is 10.1. The van der Waals surface area contributed by atoms with E-state index in [0.29, 0.717) is 25.2 Å². The minimum absolute atomic E-state index is 0.557. The van der Waals surface area contributed by atoms with Gasteiger partial charge in [-0.1, -0.05) is 12.1 Å². The molecule has 0 saturated heterocycles. The predicted octanol–water partition coefficient (Wildman–Crippen LogP) is 1.34. The quantitative estimate of drug-likeness (QED) is 0.712. The maximum atomic E-state index is 12.4. The van der Waals surface area contributed by atoms with Crippen LogP contribution in [0.1, 0.15) is 11.1 Å². The van der Waals surface area contributed by atoms with E-state index in [4.69, 9.17) is 11.5 Å². The number of rotatable bonds is 8. The van der Waals surface area contributed by atoms with Crippen LogP contribution in [-0.2, 0) is 6.18 Å². The maximum absolute atomic E-state index is 12.4. The van der Waals surface area contributed by atoms with Gasteiger partial charge in [0, 0.05) is 38.9 Å². The fourth-order valence-electron chi connectivity index (χ4n) is 1.83. The van der Waals surface area contributed by atoms with Crippen LogP contribution in [0.3, 0.4) is 0 Å². The van der Waals surface area contributed by atoms with Gasteiger partial charge >= 0.3 is 6.18 Å². The van der Waals surface area contributed by atoms with Gasteiger partial charge in [0.1, 0.15) is 0 Å². The van der Waals surface area contributed by atoms with Crippen LogP contribution in [0.2, 0.25) is 0 Å². The Morgan fingerprint density at radius 3 is 2.05 bits per heavy atom. The van der Waals surface area contributed by atoms with Crippen LogP contribution in [0, 0.1) is 0 Å². The summed E-state index contributed by atoms with van der Waals surface area (Å²) >= 11 is 0. The first-order valence-electron chi connectivity index (χ1n) is 6.77. The summed E-state index contributed by atoms with van der Waals surface area (Å²) in [6.07, 6.45) is -2.73. The van der Waals surface area contributed by atoms with Crippen molar-refractivity contribution < 1.29 is 13.2 Å². The third-order valence-electron chi connectivity index (χ3n) is 2.91. The van der Waals surface area contributed by atoms with E-state index in [1.807, 2.05) is 0 Å². The Morgan fingerprint density at radius 1 is 1.00 bits per heavy atom. The van der Waals surface area contributed by atoms with E-state index in [2.05, 4.69) is 9.89 Å². The zero-order valence-corrected chi connectivity index (χ0v) is 11.8. The number of aliphatic imine (C=N–C) groups is 1. The first-order chi connectivity index (χ1) is 9.97. The Kier molecular flexibility index (Phi) is 7.35. The van der Waals surface area contributed by atoms with Crippen molar-refractivity contribution in [3.05, 3.63) is 35.4 Å². The van der Waals surface area contributed by atoms with E-state index in [0.717, 1.165) is 31.8 Å². The molecule has 1 aromatic carbocycles. The summed E-state index contributed by atoms with van der Waals surface area (Å²) in [5, 5.41) is 0. The third kappa shape index (κ3) is 6.70. The lowest BCUT2D eigenvalue weighted by Crippen LogP contribution is -2.35. The first-order valence-corrected chi connectivity index (χ1v) is 6.77. The highest BCUT2D eigenvalue weighted by molar-refractivity contribution is 5.79. The van der Waals surface area contributed by atoms with Gasteiger partial charge in [0.25, 0.3) is 0 Å². The standard InChI is InChI=1S/C14H21F3N4/c15-14(16,17)13-3-1-12(2-4-13)11-20-7-10-21(8-5-18)9-6-19/h1-4,11H,5-10,18-19H2. The van der Waals surface area contributed by atoms with Gasteiger partial charge < -0.3 is 11.5 Å². The zero-order valence-electron chi connectivity index (χ0n) is 11.8. The number of benzene rings is 1. The molecule has 0 aromatic heterocycles.